The largest absolute Gasteiger partial charge is 0.344 e. The Hall–Kier alpha value is -2.04. The summed E-state index contributed by atoms with van der Waals surface area (Å²) >= 11 is 0. The maximum Gasteiger partial charge on any atom is 0.315 e. The number of likely N-dealkylation sites (tertiary alicyclic amines) is 1. The van der Waals surface area contributed by atoms with E-state index in [1.54, 1.807) is 11.9 Å². The van der Waals surface area contributed by atoms with Crippen LogP contribution < -0.4 is 10.6 Å². The number of hydrogen-bond acceptors (Lipinski definition) is 2. The Morgan fingerprint density at radius 2 is 2.00 bits per heavy atom. The third kappa shape index (κ3) is 5.06. The van der Waals surface area contributed by atoms with Gasteiger partial charge in [-0.1, -0.05) is 36.8 Å². The molecule has 3 amide bonds. The van der Waals surface area contributed by atoms with Gasteiger partial charge in [-0.2, -0.15) is 0 Å². The zero-order chi connectivity index (χ0) is 15.8. The van der Waals surface area contributed by atoms with E-state index in [2.05, 4.69) is 34.9 Å². The van der Waals surface area contributed by atoms with Gasteiger partial charge in [0.05, 0.1) is 0 Å². The molecule has 0 radical (unpaired) electrons. The number of unbranched alkanes of at least 4 members (excludes halogenated alkanes) is 2. The Balaban J connectivity index is 1.51. The van der Waals surface area contributed by atoms with E-state index in [0.717, 1.165) is 25.7 Å². The van der Waals surface area contributed by atoms with Gasteiger partial charge in [0.1, 0.15) is 6.04 Å². The van der Waals surface area contributed by atoms with Gasteiger partial charge in [0.15, 0.2) is 0 Å². The molecule has 0 bridgehead atoms. The number of benzene rings is 1. The topological polar surface area (TPSA) is 61.4 Å². The average Bonchev–Trinajstić information content (AvgIpc) is 2.84. The number of nitrogens with zero attached hydrogens (tertiary/aromatic N) is 1. The highest BCUT2D eigenvalue weighted by Gasteiger charge is 2.29. The predicted molar refractivity (Wildman–Crippen MR) is 86.6 cm³/mol. The van der Waals surface area contributed by atoms with Crippen LogP contribution in [0.25, 0.3) is 0 Å². The summed E-state index contributed by atoms with van der Waals surface area (Å²) in [7, 11) is 1.76. The molecule has 0 aromatic heterocycles. The first-order valence-corrected chi connectivity index (χ1v) is 8.00. The second kappa shape index (κ2) is 8.41. The number of amides is 3. The highest BCUT2D eigenvalue weighted by molar-refractivity contribution is 5.88. The van der Waals surface area contributed by atoms with E-state index in [9.17, 15) is 9.59 Å². The van der Waals surface area contributed by atoms with E-state index in [4.69, 9.17) is 0 Å². The minimum atomic E-state index is -0.358. The van der Waals surface area contributed by atoms with Crippen LogP contribution in [0.2, 0.25) is 0 Å². The molecule has 0 aliphatic carbocycles. The third-order valence-corrected chi connectivity index (χ3v) is 4.00. The zero-order valence-electron chi connectivity index (χ0n) is 13.2. The number of likely N-dealkylation sites (N-methyl/N-ethyl adjacent to an activating group) is 1. The summed E-state index contributed by atoms with van der Waals surface area (Å²) in [5.41, 5.74) is 1.36. The maximum absolute atomic E-state index is 11.7. The molecule has 1 aliphatic rings. The van der Waals surface area contributed by atoms with Crippen LogP contribution in [0.3, 0.4) is 0 Å². The van der Waals surface area contributed by atoms with Crippen LogP contribution in [-0.2, 0) is 11.2 Å². The zero-order valence-corrected chi connectivity index (χ0v) is 13.2. The second-order valence-corrected chi connectivity index (χ2v) is 5.80. The molecule has 1 heterocycles. The molecule has 1 aromatic carbocycles. The SMILES string of the molecule is CN1CC[C@@H](NC(=O)NCCCCCc2ccccc2)C1=O. The first-order chi connectivity index (χ1) is 10.7. The summed E-state index contributed by atoms with van der Waals surface area (Å²) in [5.74, 6) is -0.00184. The van der Waals surface area contributed by atoms with E-state index < -0.39 is 0 Å². The smallest absolute Gasteiger partial charge is 0.315 e. The molecule has 1 aromatic rings. The van der Waals surface area contributed by atoms with Crippen molar-refractivity contribution in [2.75, 3.05) is 20.1 Å². The molecule has 2 N–H and O–H groups in total. The van der Waals surface area contributed by atoms with Gasteiger partial charge in [-0.25, -0.2) is 4.79 Å². The minimum absolute atomic E-state index is 0.00184. The molecule has 1 aliphatic heterocycles. The normalized spacial score (nSPS) is 17.6. The third-order valence-electron chi connectivity index (χ3n) is 4.00. The molecular formula is C17H25N3O2. The Morgan fingerprint density at radius 1 is 1.23 bits per heavy atom. The van der Waals surface area contributed by atoms with Gasteiger partial charge >= 0.3 is 6.03 Å². The fourth-order valence-electron chi connectivity index (χ4n) is 2.64. The van der Waals surface area contributed by atoms with Gasteiger partial charge in [0.25, 0.3) is 0 Å². The van der Waals surface area contributed by atoms with Crippen LogP contribution in [0, 0.1) is 0 Å². The molecule has 5 heteroatoms. The highest BCUT2D eigenvalue weighted by atomic mass is 16.2. The van der Waals surface area contributed by atoms with E-state index in [0.29, 0.717) is 19.5 Å². The maximum atomic E-state index is 11.7. The van der Waals surface area contributed by atoms with Crippen LogP contribution >= 0.6 is 0 Å². The molecule has 1 fully saturated rings. The summed E-state index contributed by atoms with van der Waals surface area (Å²) in [6.45, 7) is 1.36. The van der Waals surface area contributed by atoms with Gasteiger partial charge in [0.2, 0.25) is 5.91 Å². The number of carbonyl (C=O) groups is 2. The van der Waals surface area contributed by atoms with Gasteiger partial charge < -0.3 is 15.5 Å². The lowest BCUT2D eigenvalue weighted by atomic mass is 10.1. The molecule has 1 saturated heterocycles. The molecule has 0 spiro atoms. The molecule has 5 nitrogen and oxygen atoms in total. The fraction of sp³-hybridized carbons (Fsp3) is 0.529. The van der Waals surface area contributed by atoms with Gasteiger partial charge in [-0.05, 0) is 31.2 Å². The molecule has 1 atom stereocenters. The summed E-state index contributed by atoms with van der Waals surface area (Å²) < 4.78 is 0. The van der Waals surface area contributed by atoms with E-state index >= 15 is 0 Å². The van der Waals surface area contributed by atoms with Gasteiger partial charge in [-0.3, -0.25) is 4.79 Å². The van der Waals surface area contributed by atoms with Crippen molar-refractivity contribution in [3.8, 4) is 0 Å². The summed E-state index contributed by atoms with van der Waals surface area (Å²) in [4.78, 5) is 25.0. The molecular weight excluding hydrogens is 278 g/mol. The molecule has 0 unspecified atom stereocenters. The van der Waals surface area contributed by atoms with Crippen LogP contribution in [0.1, 0.15) is 31.2 Å². The lowest BCUT2D eigenvalue weighted by Gasteiger charge is -2.13. The van der Waals surface area contributed by atoms with Crippen LogP contribution in [0.4, 0.5) is 4.79 Å². The number of nitrogens with one attached hydrogen (secondary N) is 2. The number of carbonyl (C=O) groups excluding carboxylic acids is 2. The molecule has 22 heavy (non-hydrogen) atoms. The van der Waals surface area contributed by atoms with Crippen molar-refractivity contribution >= 4 is 11.9 Å². The van der Waals surface area contributed by atoms with E-state index in [-0.39, 0.29) is 18.0 Å². The number of rotatable bonds is 7. The number of urea groups is 1. The Morgan fingerprint density at radius 3 is 2.68 bits per heavy atom. The van der Waals surface area contributed by atoms with E-state index in [1.165, 1.54) is 5.56 Å². The van der Waals surface area contributed by atoms with Crippen molar-refractivity contribution in [2.45, 2.75) is 38.1 Å². The van der Waals surface area contributed by atoms with Crippen molar-refractivity contribution in [3.63, 3.8) is 0 Å². The monoisotopic (exact) mass is 303 g/mol. The Bertz CT molecular complexity index is 490. The summed E-state index contributed by atoms with van der Waals surface area (Å²) in [5, 5.41) is 5.56. The Labute approximate surface area is 132 Å². The molecule has 120 valence electrons. The predicted octanol–water partition coefficient (Wildman–Crippen LogP) is 1.93. The number of hydrogen-bond donors (Lipinski definition) is 2. The lowest BCUT2D eigenvalue weighted by Crippen LogP contribution is -2.45. The lowest BCUT2D eigenvalue weighted by molar-refractivity contribution is -0.128. The highest BCUT2D eigenvalue weighted by Crippen LogP contribution is 2.08. The minimum Gasteiger partial charge on any atom is -0.344 e. The van der Waals surface area contributed by atoms with Gasteiger partial charge in [0, 0.05) is 20.1 Å². The van der Waals surface area contributed by atoms with Gasteiger partial charge in [-0.15, -0.1) is 0 Å². The standard InChI is InChI=1S/C17H25N3O2/c1-20-13-11-15(16(20)21)19-17(22)18-12-7-3-6-10-14-8-4-2-5-9-14/h2,4-5,8-9,15H,3,6-7,10-13H2,1H3,(H2,18,19,22)/t15-/m1/s1. The summed E-state index contributed by atoms with van der Waals surface area (Å²) in [6, 6.07) is 9.83. The molecule has 2 rings (SSSR count). The van der Waals surface area contributed by atoms with E-state index in [1.807, 2.05) is 6.07 Å². The quantitative estimate of drug-likeness (QED) is 0.756. The van der Waals surface area contributed by atoms with Crippen molar-refractivity contribution in [1.29, 1.82) is 0 Å². The first kappa shape index (κ1) is 16.3. The van der Waals surface area contributed by atoms with Crippen molar-refractivity contribution < 1.29 is 9.59 Å². The second-order valence-electron chi connectivity index (χ2n) is 5.80. The Kier molecular flexibility index (Phi) is 6.25. The number of aryl methyl sites for hydroxylation is 1. The molecule has 0 saturated carbocycles. The van der Waals surface area contributed by atoms with Crippen LogP contribution in [0.5, 0.6) is 0 Å². The van der Waals surface area contributed by atoms with Crippen LogP contribution in [0.15, 0.2) is 30.3 Å². The first-order valence-electron chi connectivity index (χ1n) is 8.00. The summed E-state index contributed by atoms with van der Waals surface area (Å²) in [6.07, 6.45) is 4.94. The van der Waals surface area contributed by atoms with Crippen molar-refractivity contribution in [1.82, 2.24) is 15.5 Å². The average molecular weight is 303 g/mol. The fourth-order valence-corrected chi connectivity index (χ4v) is 2.64. The van der Waals surface area contributed by atoms with Crippen LogP contribution in [-0.4, -0.2) is 43.0 Å². The van der Waals surface area contributed by atoms with Crippen molar-refractivity contribution in [2.24, 2.45) is 0 Å². The van der Waals surface area contributed by atoms with Crippen molar-refractivity contribution in [3.05, 3.63) is 35.9 Å².